The predicted molar refractivity (Wildman–Crippen MR) is 133 cm³/mol. The lowest BCUT2D eigenvalue weighted by atomic mass is 10.2. The third-order valence-electron chi connectivity index (χ3n) is 5.08. The number of anilines is 1. The number of sulfonamides is 1. The number of methoxy groups -OCH3 is 2. The summed E-state index contributed by atoms with van der Waals surface area (Å²) in [5.41, 5.74) is -1.36. The van der Waals surface area contributed by atoms with Crippen molar-refractivity contribution < 1.29 is 40.3 Å². The van der Waals surface area contributed by atoms with Crippen molar-refractivity contribution in [3.63, 3.8) is 0 Å². The molecule has 8 nitrogen and oxygen atoms in total. The molecule has 0 atom stereocenters. The largest absolute Gasteiger partial charge is 0.493 e. The third-order valence-corrected chi connectivity index (χ3v) is 7.84. The number of nitrogens with one attached hydrogen (secondary N) is 1. The second kappa shape index (κ2) is 12.3. The van der Waals surface area contributed by atoms with Crippen LogP contribution in [0.25, 0.3) is 0 Å². The van der Waals surface area contributed by atoms with Crippen LogP contribution in [0.5, 0.6) is 11.5 Å². The predicted octanol–water partition coefficient (Wildman–Crippen LogP) is 4.56. The first-order valence-electron chi connectivity index (χ1n) is 10.8. The number of carbonyl (C=O) groups excluding carboxylic acids is 1. The molecule has 0 fully saturated rings. The number of thioether (sulfide) groups is 1. The average Bonchev–Trinajstić information content (AvgIpc) is 3.39. The van der Waals surface area contributed by atoms with Gasteiger partial charge in [-0.15, -0.1) is 0 Å². The summed E-state index contributed by atoms with van der Waals surface area (Å²) in [7, 11) is -1.79. The van der Waals surface area contributed by atoms with Crippen molar-refractivity contribution in [3.05, 3.63) is 72.2 Å². The molecule has 3 aromatic rings. The van der Waals surface area contributed by atoms with Crippen LogP contribution in [0, 0.1) is 0 Å². The number of ether oxygens (including phenoxy) is 2. The number of rotatable bonds is 12. The Morgan fingerprint density at radius 2 is 1.81 bits per heavy atom. The van der Waals surface area contributed by atoms with Crippen LogP contribution in [0.2, 0.25) is 0 Å². The zero-order valence-electron chi connectivity index (χ0n) is 19.9. The molecule has 1 N–H and O–H groups in total. The van der Waals surface area contributed by atoms with E-state index in [1.807, 2.05) is 6.07 Å². The summed E-state index contributed by atoms with van der Waals surface area (Å²) >= 11 is 1.49. The molecular weight excluding hydrogens is 533 g/mol. The fourth-order valence-electron chi connectivity index (χ4n) is 3.27. The zero-order valence-corrected chi connectivity index (χ0v) is 21.6. The molecule has 0 spiro atoms. The molecule has 0 unspecified atom stereocenters. The van der Waals surface area contributed by atoms with E-state index < -0.39 is 34.2 Å². The van der Waals surface area contributed by atoms with Gasteiger partial charge in [0.15, 0.2) is 11.5 Å². The van der Waals surface area contributed by atoms with Gasteiger partial charge in [-0.2, -0.15) is 24.9 Å². The van der Waals surface area contributed by atoms with E-state index in [-0.39, 0.29) is 28.6 Å². The van der Waals surface area contributed by atoms with E-state index in [0.29, 0.717) is 21.9 Å². The molecule has 0 aliphatic rings. The number of benzene rings is 2. The summed E-state index contributed by atoms with van der Waals surface area (Å²) in [6.45, 7) is -0.516. The maximum Gasteiger partial charge on any atom is 0.416 e. The van der Waals surface area contributed by atoms with E-state index in [1.54, 1.807) is 12.3 Å². The van der Waals surface area contributed by atoms with E-state index >= 15 is 0 Å². The third kappa shape index (κ3) is 7.35. The Hall–Kier alpha value is -3.32. The first kappa shape index (κ1) is 28.3. The highest BCUT2D eigenvalue weighted by atomic mass is 32.2. The van der Waals surface area contributed by atoms with Crippen LogP contribution in [0.4, 0.5) is 18.9 Å². The van der Waals surface area contributed by atoms with Crippen LogP contribution >= 0.6 is 11.8 Å². The van der Waals surface area contributed by atoms with Gasteiger partial charge in [-0.25, -0.2) is 8.42 Å². The van der Waals surface area contributed by atoms with Gasteiger partial charge >= 0.3 is 6.18 Å². The summed E-state index contributed by atoms with van der Waals surface area (Å²) in [5.74, 6) is 1.56. The summed E-state index contributed by atoms with van der Waals surface area (Å²) in [6.07, 6.45) is -3.15. The van der Waals surface area contributed by atoms with Gasteiger partial charge in [0.2, 0.25) is 5.91 Å². The molecule has 1 amide bonds. The van der Waals surface area contributed by atoms with Crippen LogP contribution in [0.1, 0.15) is 11.3 Å². The van der Waals surface area contributed by atoms with E-state index in [1.165, 1.54) is 50.2 Å². The Morgan fingerprint density at radius 3 is 2.46 bits per heavy atom. The number of amides is 1. The Bertz CT molecular complexity index is 1300. The van der Waals surface area contributed by atoms with Gasteiger partial charge in [-0.05, 0) is 42.5 Å². The highest BCUT2D eigenvalue weighted by Crippen LogP contribution is 2.35. The monoisotopic (exact) mass is 558 g/mol. The molecule has 0 saturated heterocycles. The number of alkyl halides is 3. The number of carbonyl (C=O) groups is 1. The molecule has 0 aliphatic heterocycles. The van der Waals surface area contributed by atoms with Crippen LogP contribution in [0.3, 0.4) is 0 Å². The van der Waals surface area contributed by atoms with Crippen LogP contribution < -0.4 is 19.1 Å². The number of nitrogens with zero attached hydrogens (tertiary/aromatic N) is 1. The van der Waals surface area contributed by atoms with Gasteiger partial charge in [0.1, 0.15) is 12.3 Å². The second-order valence-corrected chi connectivity index (χ2v) is 10.5. The first-order valence-corrected chi connectivity index (χ1v) is 13.4. The summed E-state index contributed by atoms with van der Waals surface area (Å²) in [5, 5.41) is 2.61. The van der Waals surface area contributed by atoms with Gasteiger partial charge in [0, 0.05) is 18.4 Å². The van der Waals surface area contributed by atoms with Crippen molar-refractivity contribution in [2.24, 2.45) is 0 Å². The molecule has 200 valence electrons. The minimum atomic E-state index is -4.71. The second-order valence-electron chi connectivity index (χ2n) is 7.56. The van der Waals surface area contributed by atoms with Crippen molar-refractivity contribution in [1.82, 2.24) is 5.32 Å². The minimum Gasteiger partial charge on any atom is -0.493 e. The molecule has 13 heteroatoms. The maximum absolute atomic E-state index is 13.6. The Morgan fingerprint density at radius 1 is 1.05 bits per heavy atom. The van der Waals surface area contributed by atoms with Gasteiger partial charge in [0.05, 0.1) is 42.4 Å². The normalized spacial score (nSPS) is 11.7. The molecule has 3 rings (SSSR count). The van der Waals surface area contributed by atoms with Gasteiger partial charge < -0.3 is 19.2 Å². The van der Waals surface area contributed by atoms with Gasteiger partial charge in [-0.3, -0.25) is 9.10 Å². The molecule has 0 bridgehead atoms. The molecular formula is C24H25F3N2O6S2. The maximum atomic E-state index is 13.6. The summed E-state index contributed by atoms with van der Waals surface area (Å²) < 4.78 is 83.3. The summed E-state index contributed by atoms with van der Waals surface area (Å²) in [6, 6.07) is 11.1. The standard InChI is InChI=1S/C24H25F3N2O6S2/c1-33-21-9-8-20(14-22(21)34-2)37(31,32)29(18-6-3-5-17(13-18)24(25,26)27)15-23(30)28-10-12-36-16-19-7-4-11-35-19/h3-9,11,13-14H,10,12,15-16H2,1-2H3,(H,28,30). The zero-order chi connectivity index (χ0) is 27.1. The van der Waals surface area contributed by atoms with Crippen LogP contribution in [-0.2, 0) is 26.7 Å². The lowest BCUT2D eigenvalue weighted by Crippen LogP contribution is -2.41. The lowest BCUT2D eigenvalue weighted by Gasteiger charge is -2.25. The smallest absolute Gasteiger partial charge is 0.416 e. The fraction of sp³-hybridized carbons (Fsp3) is 0.292. The molecule has 0 radical (unpaired) electrons. The van der Waals surface area contributed by atoms with E-state index in [4.69, 9.17) is 13.9 Å². The molecule has 1 aromatic heterocycles. The topological polar surface area (TPSA) is 98.1 Å². The minimum absolute atomic E-state index is 0.102. The van der Waals surface area contributed by atoms with Gasteiger partial charge in [-0.1, -0.05) is 6.07 Å². The quantitative estimate of drug-likeness (QED) is 0.326. The van der Waals surface area contributed by atoms with Gasteiger partial charge in [0.25, 0.3) is 10.0 Å². The average molecular weight is 559 g/mol. The number of hydrogen-bond donors (Lipinski definition) is 1. The lowest BCUT2D eigenvalue weighted by molar-refractivity contribution is -0.137. The summed E-state index contributed by atoms with van der Waals surface area (Å²) in [4.78, 5) is 12.4. The van der Waals surface area contributed by atoms with E-state index in [2.05, 4.69) is 5.32 Å². The molecule has 0 aliphatic carbocycles. The van der Waals surface area contributed by atoms with Crippen molar-refractivity contribution in [3.8, 4) is 11.5 Å². The van der Waals surface area contributed by atoms with Crippen molar-refractivity contribution >= 4 is 33.4 Å². The Kier molecular flexibility index (Phi) is 9.38. The van der Waals surface area contributed by atoms with Crippen LogP contribution in [0.15, 0.2) is 70.2 Å². The fourth-order valence-corrected chi connectivity index (χ4v) is 5.46. The van der Waals surface area contributed by atoms with E-state index in [0.717, 1.165) is 17.9 Å². The van der Waals surface area contributed by atoms with E-state index in [9.17, 15) is 26.4 Å². The SMILES string of the molecule is COc1ccc(S(=O)(=O)N(CC(=O)NCCSCc2ccco2)c2cccc(C(F)(F)F)c2)cc1OC. The number of hydrogen-bond acceptors (Lipinski definition) is 7. The molecule has 37 heavy (non-hydrogen) atoms. The van der Waals surface area contributed by atoms with Crippen LogP contribution in [-0.4, -0.2) is 47.4 Å². The van der Waals surface area contributed by atoms with Crippen molar-refractivity contribution in [1.29, 1.82) is 0 Å². The highest BCUT2D eigenvalue weighted by molar-refractivity contribution is 7.98. The number of furan rings is 1. The number of halogens is 3. The highest BCUT2D eigenvalue weighted by Gasteiger charge is 2.33. The first-order chi connectivity index (χ1) is 17.6. The van der Waals surface area contributed by atoms with Crippen molar-refractivity contribution in [2.45, 2.75) is 16.8 Å². The molecule has 1 heterocycles. The Balaban J connectivity index is 1.84. The van der Waals surface area contributed by atoms with Crippen molar-refractivity contribution in [2.75, 3.05) is 37.4 Å². The molecule has 2 aromatic carbocycles. The Labute approximate surface area is 216 Å². The molecule has 0 saturated carbocycles.